The summed E-state index contributed by atoms with van der Waals surface area (Å²) in [4.78, 5) is 28.1. The quantitative estimate of drug-likeness (QED) is 0.791. The fourth-order valence-electron chi connectivity index (χ4n) is 2.88. The van der Waals surface area contributed by atoms with Crippen molar-refractivity contribution in [3.05, 3.63) is 12.2 Å². The smallest absolute Gasteiger partial charge is 0.246 e. The zero-order valence-corrected chi connectivity index (χ0v) is 13.4. The molecule has 118 valence electrons. The van der Waals surface area contributed by atoms with Crippen molar-refractivity contribution >= 4 is 11.8 Å². The summed E-state index contributed by atoms with van der Waals surface area (Å²) >= 11 is 0. The van der Waals surface area contributed by atoms with Crippen molar-refractivity contribution in [1.29, 1.82) is 0 Å². The fraction of sp³-hybridized carbons (Fsp3) is 0.750. The van der Waals surface area contributed by atoms with Gasteiger partial charge in [0.15, 0.2) is 0 Å². The number of piperazine rings is 1. The Morgan fingerprint density at radius 3 is 2.71 bits per heavy atom. The molecule has 2 aliphatic rings. The van der Waals surface area contributed by atoms with Gasteiger partial charge in [-0.1, -0.05) is 6.58 Å². The van der Waals surface area contributed by atoms with Crippen molar-refractivity contribution in [2.45, 2.75) is 51.6 Å². The first kappa shape index (κ1) is 16.0. The topological polar surface area (TPSA) is 52.7 Å². The molecule has 0 aromatic heterocycles. The summed E-state index contributed by atoms with van der Waals surface area (Å²) in [7, 11) is 0. The number of fused-ring (bicyclic) bond motifs is 1. The lowest BCUT2D eigenvalue weighted by atomic mass is 9.98. The van der Waals surface area contributed by atoms with Gasteiger partial charge < -0.3 is 15.1 Å². The molecular weight excluding hydrogens is 266 g/mol. The van der Waals surface area contributed by atoms with E-state index < -0.39 is 0 Å². The normalized spacial score (nSPS) is 23.3. The van der Waals surface area contributed by atoms with E-state index in [0.717, 1.165) is 31.4 Å². The highest BCUT2D eigenvalue weighted by Crippen LogP contribution is 2.23. The first-order valence-electron chi connectivity index (χ1n) is 7.78. The van der Waals surface area contributed by atoms with Crippen LogP contribution in [0.15, 0.2) is 12.2 Å². The Hall–Kier alpha value is -1.36. The molecule has 2 rings (SSSR count). The minimum atomic E-state index is -0.233. The Kier molecular flexibility index (Phi) is 4.71. The van der Waals surface area contributed by atoms with Crippen LogP contribution < -0.4 is 5.32 Å². The largest absolute Gasteiger partial charge is 0.329 e. The molecule has 1 unspecified atom stereocenters. The van der Waals surface area contributed by atoms with Crippen LogP contribution >= 0.6 is 0 Å². The first-order valence-corrected chi connectivity index (χ1v) is 7.78. The van der Waals surface area contributed by atoms with Gasteiger partial charge in [-0.3, -0.25) is 9.59 Å². The first-order chi connectivity index (χ1) is 9.78. The highest BCUT2D eigenvalue weighted by Gasteiger charge is 2.40. The molecule has 0 bridgehead atoms. The van der Waals surface area contributed by atoms with Crippen LogP contribution in [0.2, 0.25) is 0 Å². The summed E-state index contributed by atoms with van der Waals surface area (Å²) in [6.07, 6.45) is 2.84. The second kappa shape index (κ2) is 6.18. The number of hydrogen-bond acceptors (Lipinski definition) is 3. The molecule has 0 aromatic carbocycles. The molecule has 21 heavy (non-hydrogen) atoms. The molecule has 0 aliphatic carbocycles. The predicted octanol–water partition coefficient (Wildman–Crippen LogP) is 1.15. The third kappa shape index (κ3) is 4.06. The Balaban J connectivity index is 1.93. The van der Waals surface area contributed by atoms with E-state index in [1.54, 1.807) is 9.80 Å². The van der Waals surface area contributed by atoms with E-state index in [0.29, 0.717) is 13.1 Å². The molecular formula is C16H27N3O2. The second-order valence-electron chi connectivity index (χ2n) is 7.15. The van der Waals surface area contributed by atoms with Crippen molar-refractivity contribution in [3.63, 3.8) is 0 Å². The van der Waals surface area contributed by atoms with Gasteiger partial charge in [-0.2, -0.15) is 0 Å². The second-order valence-corrected chi connectivity index (χ2v) is 7.15. The van der Waals surface area contributed by atoms with Gasteiger partial charge in [-0.25, -0.2) is 0 Å². The summed E-state index contributed by atoms with van der Waals surface area (Å²) in [5, 5.41) is 3.36. The number of nitrogens with one attached hydrogen (secondary N) is 1. The van der Waals surface area contributed by atoms with Crippen molar-refractivity contribution in [3.8, 4) is 0 Å². The average Bonchev–Trinajstić information content (AvgIpc) is 2.42. The third-order valence-electron chi connectivity index (χ3n) is 4.03. The van der Waals surface area contributed by atoms with Crippen LogP contribution in [0.1, 0.15) is 40.0 Å². The monoisotopic (exact) mass is 293 g/mol. The van der Waals surface area contributed by atoms with Gasteiger partial charge in [0.1, 0.15) is 12.6 Å². The summed E-state index contributed by atoms with van der Waals surface area (Å²) < 4.78 is 0. The third-order valence-corrected chi connectivity index (χ3v) is 4.03. The van der Waals surface area contributed by atoms with Crippen molar-refractivity contribution < 1.29 is 9.59 Å². The maximum absolute atomic E-state index is 12.5. The van der Waals surface area contributed by atoms with Crippen LogP contribution in [0, 0.1) is 0 Å². The highest BCUT2D eigenvalue weighted by atomic mass is 16.2. The Bertz CT molecular complexity index is 439. The molecule has 1 atom stereocenters. The van der Waals surface area contributed by atoms with Gasteiger partial charge in [-0.05, 0) is 45.6 Å². The van der Waals surface area contributed by atoms with Gasteiger partial charge in [0, 0.05) is 25.2 Å². The molecule has 0 spiro atoms. The highest BCUT2D eigenvalue weighted by molar-refractivity contribution is 5.95. The molecule has 2 amide bonds. The summed E-state index contributed by atoms with van der Waals surface area (Å²) in [6.45, 7) is 12.4. The number of rotatable bonds is 4. The van der Waals surface area contributed by atoms with E-state index in [1.807, 2.05) is 0 Å². The van der Waals surface area contributed by atoms with Crippen LogP contribution in [0.3, 0.4) is 0 Å². The van der Waals surface area contributed by atoms with E-state index in [9.17, 15) is 9.59 Å². The van der Waals surface area contributed by atoms with Crippen molar-refractivity contribution in [2.24, 2.45) is 0 Å². The predicted molar refractivity (Wildman–Crippen MR) is 82.8 cm³/mol. The van der Waals surface area contributed by atoms with Gasteiger partial charge in [-0.15, -0.1) is 0 Å². The van der Waals surface area contributed by atoms with Crippen LogP contribution in [0.5, 0.6) is 0 Å². The standard InChI is InChI=1S/C16H27N3O2/c1-12(9-17-16(2,3)4)10-18-11-14(20)19-8-6-5-7-13(19)15(18)21/h13,17H,1,5-11H2,2-4H3. The van der Waals surface area contributed by atoms with Crippen molar-refractivity contribution in [1.82, 2.24) is 15.1 Å². The minimum Gasteiger partial charge on any atom is -0.329 e. The van der Waals surface area contributed by atoms with E-state index >= 15 is 0 Å². The Labute approximate surface area is 127 Å². The van der Waals surface area contributed by atoms with E-state index in [2.05, 4.69) is 32.7 Å². The summed E-state index contributed by atoms with van der Waals surface area (Å²) in [6, 6.07) is -0.233. The molecule has 0 aromatic rings. The molecule has 0 saturated carbocycles. The van der Waals surface area contributed by atoms with E-state index in [-0.39, 0.29) is 29.9 Å². The molecule has 2 aliphatic heterocycles. The Morgan fingerprint density at radius 1 is 1.33 bits per heavy atom. The molecule has 0 radical (unpaired) electrons. The average molecular weight is 293 g/mol. The molecule has 5 nitrogen and oxygen atoms in total. The minimum absolute atomic E-state index is 0.0187. The number of carbonyl (C=O) groups excluding carboxylic acids is 2. The van der Waals surface area contributed by atoms with Crippen LogP contribution in [0.25, 0.3) is 0 Å². The molecule has 2 saturated heterocycles. The van der Waals surface area contributed by atoms with Crippen LogP contribution in [-0.4, -0.2) is 59.4 Å². The molecule has 1 N–H and O–H groups in total. The number of nitrogens with zero attached hydrogens (tertiary/aromatic N) is 2. The van der Waals surface area contributed by atoms with Gasteiger partial charge >= 0.3 is 0 Å². The maximum Gasteiger partial charge on any atom is 0.246 e. The zero-order valence-electron chi connectivity index (χ0n) is 13.4. The lowest BCUT2D eigenvalue weighted by molar-refractivity contribution is -0.157. The van der Waals surface area contributed by atoms with Crippen LogP contribution in [0.4, 0.5) is 0 Å². The van der Waals surface area contributed by atoms with Gasteiger partial charge in [0.05, 0.1) is 0 Å². The lowest BCUT2D eigenvalue weighted by Gasteiger charge is -2.43. The van der Waals surface area contributed by atoms with Gasteiger partial charge in [0.25, 0.3) is 0 Å². The van der Waals surface area contributed by atoms with E-state index in [4.69, 9.17) is 0 Å². The van der Waals surface area contributed by atoms with Crippen LogP contribution in [-0.2, 0) is 9.59 Å². The zero-order chi connectivity index (χ0) is 15.6. The lowest BCUT2D eigenvalue weighted by Crippen LogP contribution is -2.61. The number of amides is 2. The Morgan fingerprint density at radius 2 is 2.05 bits per heavy atom. The molecule has 5 heteroatoms. The molecule has 2 fully saturated rings. The van der Waals surface area contributed by atoms with Crippen molar-refractivity contribution in [2.75, 3.05) is 26.2 Å². The number of piperidine rings is 1. The number of carbonyl (C=O) groups is 2. The number of hydrogen-bond donors (Lipinski definition) is 1. The summed E-state index contributed by atoms with van der Waals surface area (Å²) in [5.74, 6) is 0.169. The van der Waals surface area contributed by atoms with E-state index in [1.165, 1.54) is 0 Å². The summed E-state index contributed by atoms with van der Waals surface area (Å²) in [5.41, 5.74) is 0.959. The maximum atomic E-state index is 12.5. The van der Waals surface area contributed by atoms with Gasteiger partial charge in [0.2, 0.25) is 11.8 Å². The SMILES string of the molecule is C=C(CNC(C)(C)C)CN1CC(=O)N2CCCCC2C1=O. The molecule has 2 heterocycles. The fourth-order valence-corrected chi connectivity index (χ4v) is 2.88.